The Labute approximate surface area is 196 Å². The third-order valence-corrected chi connectivity index (χ3v) is 4.87. The smallest absolute Gasteiger partial charge is 0.410 e. The summed E-state index contributed by atoms with van der Waals surface area (Å²) in [5.74, 6) is 0.495. The number of nitrogens with zero attached hydrogens (tertiary/aromatic N) is 1. The first-order chi connectivity index (χ1) is 15.7. The lowest BCUT2D eigenvalue weighted by molar-refractivity contribution is -0.0249. The molecule has 0 unspecified atom stereocenters. The summed E-state index contributed by atoms with van der Waals surface area (Å²) in [4.78, 5) is 26.3. The quantitative estimate of drug-likeness (QED) is 0.259. The molecule has 33 heavy (non-hydrogen) atoms. The fourth-order valence-electron chi connectivity index (χ4n) is 3.25. The van der Waals surface area contributed by atoms with Crippen molar-refractivity contribution in [3.63, 3.8) is 0 Å². The van der Waals surface area contributed by atoms with E-state index in [1.165, 1.54) is 7.11 Å². The lowest BCUT2D eigenvalue weighted by Crippen LogP contribution is -2.53. The van der Waals surface area contributed by atoms with Crippen LogP contribution in [0.2, 0.25) is 0 Å². The molecule has 1 aromatic rings. The summed E-state index contributed by atoms with van der Waals surface area (Å²) in [7, 11) is 1.32. The monoisotopic (exact) mass is 461 g/mol. The zero-order valence-electron chi connectivity index (χ0n) is 20.0. The van der Waals surface area contributed by atoms with Gasteiger partial charge in [0, 0.05) is 25.4 Å². The molecule has 0 saturated heterocycles. The molecule has 0 atom stereocenters. The number of carbonyl (C=O) groups excluding carboxylic acids is 2. The topological polar surface area (TPSA) is 83.5 Å². The minimum absolute atomic E-state index is 0.0240. The molecule has 1 fully saturated rings. The first-order valence-electron chi connectivity index (χ1n) is 11.0. The number of benzene rings is 1. The number of hydrogen-bond acceptors (Lipinski definition) is 7. The highest BCUT2D eigenvalue weighted by molar-refractivity contribution is 5.90. The van der Waals surface area contributed by atoms with Crippen LogP contribution in [0, 0.1) is 0 Å². The van der Waals surface area contributed by atoms with Crippen LogP contribution in [0.1, 0.15) is 44.0 Å². The number of ether oxygens (including phenoxy) is 5. The van der Waals surface area contributed by atoms with E-state index in [-0.39, 0.29) is 24.8 Å². The fraction of sp³-hybridized carbons (Fsp3) is 0.520. The Morgan fingerprint density at radius 3 is 2.42 bits per heavy atom. The molecule has 0 aliphatic heterocycles. The molecule has 1 aliphatic rings. The second-order valence-electron chi connectivity index (χ2n) is 8.66. The number of esters is 1. The molecule has 0 N–H and O–H groups in total. The molecular formula is C25H35NO7. The van der Waals surface area contributed by atoms with Gasteiger partial charge in [0.1, 0.15) is 18.3 Å². The van der Waals surface area contributed by atoms with Crippen molar-refractivity contribution in [3.05, 3.63) is 49.1 Å². The van der Waals surface area contributed by atoms with Crippen LogP contribution < -0.4 is 9.47 Å². The van der Waals surface area contributed by atoms with Gasteiger partial charge >= 0.3 is 12.1 Å². The Morgan fingerprint density at radius 2 is 1.82 bits per heavy atom. The van der Waals surface area contributed by atoms with E-state index in [4.69, 9.17) is 23.7 Å². The van der Waals surface area contributed by atoms with Gasteiger partial charge in [-0.25, -0.2) is 9.59 Å². The van der Waals surface area contributed by atoms with Crippen molar-refractivity contribution in [2.24, 2.45) is 0 Å². The zero-order chi connectivity index (χ0) is 24.4. The van der Waals surface area contributed by atoms with Gasteiger partial charge in [0.25, 0.3) is 0 Å². The fourth-order valence-corrected chi connectivity index (χ4v) is 3.25. The van der Waals surface area contributed by atoms with Gasteiger partial charge < -0.3 is 28.6 Å². The van der Waals surface area contributed by atoms with Gasteiger partial charge in [0.05, 0.1) is 25.9 Å². The first-order valence-corrected chi connectivity index (χ1v) is 11.0. The highest BCUT2D eigenvalue weighted by Crippen LogP contribution is 2.35. The van der Waals surface area contributed by atoms with E-state index in [1.807, 2.05) is 20.8 Å². The minimum Gasteiger partial charge on any atom is -0.486 e. The molecule has 0 spiro atoms. The van der Waals surface area contributed by atoms with Gasteiger partial charge in [-0.15, -0.1) is 6.58 Å². The summed E-state index contributed by atoms with van der Waals surface area (Å²) in [6.07, 6.45) is 4.08. The maximum Gasteiger partial charge on any atom is 0.410 e. The minimum atomic E-state index is -0.588. The summed E-state index contributed by atoms with van der Waals surface area (Å²) in [5.41, 5.74) is -0.221. The molecule has 1 amide bonds. The lowest BCUT2D eigenvalue weighted by atomic mass is 9.88. The lowest BCUT2D eigenvalue weighted by Gasteiger charge is -2.42. The van der Waals surface area contributed by atoms with Crippen LogP contribution in [0.15, 0.2) is 43.5 Å². The molecular weight excluding hydrogens is 426 g/mol. The van der Waals surface area contributed by atoms with Crippen molar-refractivity contribution in [2.45, 2.75) is 51.4 Å². The van der Waals surface area contributed by atoms with Gasteiger partial charge in [0.2, 0.25) is 0 Å². The summed E-state index contributed by atoms with van der Waals surface area (Å²) in [5, 5.41) is 0. The molecule has 0 bridgehead atoms. The van der Waals surface area contributed by atoms with Crippen molar-refractivity contribution in [2.75, 3.05) is 33.5 Å². The Balaban J connectivity index is 2.04. The van der Waals surface area contributed by atoms with E-state index in [2.05, 4.69) is 13.2 Å². The van der Waals surface area contributed by atoms with Crippen molar-refractivity contribution in [1.82, 2.24) is 4.90 Å². The molecule has 0 radical (unpaired) electrons. The first kappa shape index (κ1) is 26.3. The van der Waals surface area contributed by atoms with Crippen LogP contribution in [0.3, 0.4) is 0 Å². The van der Waals surface area contributed by atoms with Crippen LogP contribution in [-0.2, 0) is 14.2 Å². The second-order valence-corrected chi connectivity index (χ2v) is 8.66. The molecule has 8 nitrogen and oxygen atoms in total. The van der Waals surface area contributed by atoms with Gasteiger partial charge in [-0.1, -0.05) is 18.7 Å². The highest BCUT2D eigenvalue weighted by Gasteiger charge is 2.39. The van der Waals surface area contributed by atoms with Gasteiger partial charge in [0.15, 0.2) is 11.5 Å². The standard InChI is InChI=1S/C25H35NO7/c1-7-12-30-14-11-26(24(28)33-25(3,4)5)19-16-20(17-19)32-21-10-9-18(23(27)29-6)15-22(21)31-13-8-2/h7-10,15,19-20H,1-2,11-14,16-17H2,3-6H3. The van der Waals surface area contributed by atoms with Crippen LogP contribution >= 0.6 is 0 Å². The van der Waals surface area contributed by atoms with E-state index in [0.717, 1.165) is 0 Å². The largest absolute Gasteiger partial charge is 0.486 e. The average molecular weight is 462 g/mol. The van der Waals surface area contributed by atoms with Gasteiger partial charge in [-0.3, -0.25) is 0 Å². The molecule has 2 rings (SSSR count). The summed E-state index contributed by atoms with van der Waals surface area (Å²) < 4.78 is 27.6. The highest BCUT2D eigenvalue weighted by atomic mass is 16.6. The third-order valence-electron chi connectivity index (χ3n) is 4.87. The summed E-state index contributed by atoms with van der Waals surface area (Å²) in [6, 6.07) is 4.88. The molecule has 1 aromatic carbocycles. The second kappa shape index (κ2) is 12.3. The number of carbonyl (C=O) groups is 2. The molecule has 8 heteroatoms. The van der Waals surface area contributed by atoms with Gasteiger partial charge in [-0.2, -0.15) is 0 Å². The van der Waals surface area contributed by atoms with Crippen LogP contribution in [0.5, 0.6) is 11.5 Å². The molecule has 182 valence electrons. The molecule has 1 aliphatic carbocycles. The van der Waals surface area contributed by atoms with Crippen molar-refractivity contribution in [3.8, 4) is 11.5 Å². The Morgan fingerprint density at radius 1 is 1.12 bits per heavy atom. The predicted molar refractivity (Wildman–Crippen MR) is 125 cm³/mol. The predicted octanol–water partition coefficient (Wildman–Crippen LogP) is 4.39. The Kier molecular flexibility index (Phi) is 9.78. The van der Waals surface area contributed by atoms with E-state index in [1.54, 1.807) is 35.3 Å². The zero-order valence-corrected chi connectivity index (χ0v) is 20.0. The molecule has 0 aromatic heterocycles. The maximum absolute atomic E-state index is 12.7. The van der Waals surface area contributed by atoms with Crippen molar-refractivity contribution in [1.29, 1.82) is 0 Å². The number of methoxy groups -OCH3 is 1. The van der Waals surface area contributed by atoms with Crippen LogP contribution in [0.25, 0.3) is 0 Å². The number of hydrogen-bond donors (Lipinski definition) is 0. The number of amides is 1. The van der Waals surface area contributed by atoms with E-state index in [9.17, 15) is 9.59 Å². The summed E-state index contributed by atoms with van der Waals surface area (Å²) in [6.45, 7) is 14.3. The van der Waals surface area contributed by atoms with Crippen molar-refractivity contribution < 1.29 is 33.3 Å². The number of rotatable bonds is 12. The SMILES string of the molecule is C=CCOCCN(C(=O)OC(C)(C)C)C1CC(Oc2ccc(C(=O)OC)cc2OCC=C)C1. The van der Waals surface area contributed by atoms with Crippen molar-refractivity contribution >= 4 is 12.1 Å². The molecule has 1 saturated carbocycles. The van der Waals surface area contributed by atoms with E-state index < -0.39 is 11.6 Å². The average Bonchev–Trinajstić information content (AvgIpc) is 2.73. The third kappa shape index (κ3) is 8.13. The van der Waals surface area contributed by atoms with Gasteiger partial charge in [-0.05, 0) is 39.0 Å². The Bertz CT molecular complexity index is 825. The Hall–Kier alpha value is -3.00. The van der Waals surface area contributed by atoms with Crippen LogP contribution in [0.4, 0.5) is 4.79 Å². The summed E-state index contributed by atoms with van der Waals surface area (Å²) >= 11 is 0. The van der Waals surface area contributed by atoms with E-state index in [0.29, 0.717) is 49.7 Å². The normalized spacial score (nSPS) is 17.3. The molecule has 0 heterocycles. The maximum atomic E-state index is 12.7. The van der Waals surface area contributed by atoms with Crippen LogP contribution in [-0.4, -0.2) is 68.2 Å². The van der Waals surface area contributed by atoms with E-state index >= 15 is 0 Å².